The molecular formula is C18H22N2O. The molecule has 1 amide bonds. The Labute approximate surface area is 126 Å². The van der Waals surface area contributed by atoms with Crippen LogP contribution in [0.25, 0.3) is 0 Å². The molecule has 2 aromatic rings. The molecule has 0 unspecified atom stereocenters. The number of carbonyl (C=O) groups is 1. The van der Waals surface area contributed by atoms with E-state index >= 15 is 0 Å². The molecule has 3 nitrogen and oxygen atoms in total. The lowest BCUT2D eigenvalue weighted by Gasteiger charge is -2.25. The van der Waals surface area contributed by atoms with Crippen LogP contribution < -0.4 is 10.2 Å². The number of rotatable bonds is 7. The number of nitrogens with zero attached hydrogens (tertiary/aromatic N) is 1. The molecular weight excluding hydrogens is 260 g/mol. The lowest BCUT2D eigenvalue weighted by atomic mass is 10.2. The summed E-state index contributed by atoms with van der Waals surface area (Å²) >= 11 is 0. The molecule has 2 rings (SSSR count). The minimum Gasteiger partial charge on any atom is -0.350 e. The summed E-state index contributed by atoms with van der Waals surface area (Å²) in [6.07, 6.45) is 1.45. The maximum atomic E-state index is 11.7. The van der Waals surface area contributed by atoms with Gasteiger partial charge < -0.3 is 10.2 Å². The van der Waals surface area contributed by atoms with Crippen LogP contribution in [0.15, 0.2) is 60.7 Å². The van der Waals surface area contributed by atoms with E-state index < -0.39 is 0 Å². The van der Waals surface area contributed by atoms with Crippen molar-refractivity contribution in [1.29, 1.82) is 0 Å². The predicted octanol–water partition coefficient (Wildman–Crippen LogP) is 3.57. The molecule has 0 aliphatic carbocycles. The topological polar surface area (TPSA) is 32.3 Å². The zero-order valence-corrected chi connectivity index (χ0v) is 12.5. The first kappa shape index (κ1) is 15.1. The molecule has 0 fully saturated rings. The standard InChI is InChI=1S/C18H22N2O/c1-2-9-18(21)19-15-20(17-12-7-4-8-13-17)14-16-10-5-3-6-11-16/h3-8,10-13H,2,9,14-15H2,1H3,(H,19,21). The first-order valence-corrected chi connectivity index (χ1v) is 7.40. The zero-order chi connectivity index (χ0) is 14.9. The van der Waals surface area contributed by atoms with Gasteiger partial charge in [0.05, 0.1) is 6.67 Å². The summed E-state index contributed by atoms with van der Waals surface area (Å²) in [5, 5.41) is 2.99. The van der Waals surface area contributed by atoms with Gasteiger partial charge >= 0.3 is 0 Å². The van der Waals surface area contributed by atoms with Gasteiger partial charge in [0.25, 0.3) is 0 Å². The molecule has 0 bridgehead atoms. The van der Waals surface area contributed by atoms with Crippen molar-refractivity contribution < 1.29 is 4.79 Å². The Morgan fingerprint density at radius 1 is 1.00 bits per heavy atom. The van der Waals surface area contributed by atoms with Gasteiger partial charge in [0.2, 0.25) is 5.91 Å². The summed E-state index contributed by atoms with van der Waals surface area (Å²) in [5.41, 5.74) is 2.34. The second kappa shape index (κ2) is 8.10. The number of benzene rings is 2. The van der Waals surface area contributed by atoms with Gasteiger partial charge in [0, 0.05) is 18.7 Å². The Balaban J connectivity index is 2.06. The molecule has 110 valence electrons. The number of para-hydroxylation sites is 1. The summed E-state index contributed by atoms with van der Waals surface area (Å²) in [6.45, 7) is 3.31. The van der Waals surface area contributed by atoms with Gasteiger partial charge in [-0.05, 0) is 24.1 Å². The van der Waals surface area contributed by atoms with E-state index in [4.69, 9.17) is 0 Å². The van der Waals surface area contributed by atoms with E-state index in [1.54, 1.807) is 0 Å². The van der Waals surface area contributed by atoms with Crippen molar-refractivity contribution in [2.24, 2.45) is 0 Å². The van der Waals surface area contributed by atoms with Crippen molar-refractivity contribution in [3.8, 4) is 0 Å². The summed E-state index contributed by atoms with van der Waals surface area (Å²) in [6, 6.07) is 20.4. The molecule has 1 N–H and O–H groups in total. The number of hydrogen-bond acceptors (Lipinski definition) is 2. The lowest BCUT2D eigenvalue weighted by Crippen LogP contribution is -2.37. The zero-order valence-electron chi connectivity index (χ0n) is 12.5. The fraction of sp³-hybridized carbons (Fsp3) is 0.278. The fourth-order valence-electron chi connectivity index (χ4n) is 2.18. The molecule has 0 saturated carbocycles. The monoisotopic (exact) mass is 282 g/mol. The molecule has 0 saturated heterocycles. The number of hydrogen-bond donors (Lipinski definition) is 1. The van der Waals surface area contributed by atoms with Crippen LogP contribution in [0, 0.1) is 0 Å². The normalized spacial score (nSPS) is 10.1. The number of amides is 1. The van der Waals surface area contributed by atoms with Crippen LogP contribution in [0.1, 0.15) is 25.3 Å². The number of nitrogens with one attached hydrogen (secondary N) is 1. The van der Waals surface area contributed by atoms with Crippen molar-refractivity contribution in [1.82, 2.24) is 5.32 Å². The SMILES string of the molecule is CCCC(=O)NCN(Cc1ccccc1)c1ccccc1. The molecule has 0 atom stereocenters. The Bertz CT molecular complexity index is 540. The third-order valence-electron chi connectivity index (χ3n) is 3.28. The maximum Gasteiger partial charge on any atom is 0.221 e. The number of carbonyl (C=O) groups excluding carboxylic acids is 1. The summed E-state index contributed by atoms with van der Waals surface area (Å²) in [7, 11) is 0. The van der Waals surface area contributed by atoms with Crippen LogP contribution in [-0.4, -0.2) is 12.6 Å². The quantitative estimate of drug-likeness (QED) is 0.787. The van der Waals surface area contributed by atoms with E-state index in [0.29, 0.717) is 13.1 Å². The molecule has 0 aliphatic heterocycles. The minimum atomic E-state index is 0.103. The number of anilines is 1. The second-order valence-electron chi connectivity index (χ2n) is 5.03. The minimum absolute atomic E-state index is 0.103. The predicted molar refractivity (Wildman–Crippen MR) is 87.0 cm³/mol. The van der Waals surface area contributed by atoms with Crippen LogP contribution in [0.2, 0.25) is 0 Å². The Morgan fingerprint density at radius 2 is 1.62 bits per heavy atom. The van der Waals surface area contributed by atoms with Gasteiger partial charge in [-0.3, -0.25) is 4.79 Å². The van der Waals surface area contributed by atoms with E-state index in [2.05, 4.69) is 34.5 Å². The smallest absolute Gasteiger partial charge is 0.221 e. The van der Waals surface area contributed by atoms with Gasteiger partial charge in [-0.2, -0.15) is 0 Å². The first-order valence-electron chi connectivity index (χ1n) is 7.40. The van der Waals surface area contributed by atoms with Gasteiger partial charge in [-0.1, -0.05) is 55.5 Å². The van der Waals surface area contributed by atoms with Crippen LogP contribution >= 0.6 is 0 Å². The van der Waals surface area contributed by atoms with E-state index in [-0.39, 0.29) is 5.91 Å². The molecule has 21 heavy (non-hydrogen) atoms. The van der Waals surface area contributed by atoms with E-state index in [0.717, 1.165) is 18.7 Å². The van der Waals surface area contributed by atoms with Crippen molar-refractivity contribution in [2.75, 3.05) is 11.6 Å². The van der Waals surface area contributed by atoms with Crippen LogP contribution in [0.4, 0.5) is 5.69 Å². The Hall–Kier alpha value is -2.29. The van der Waals surface area contributed by atoms with E-state index in [1.807, 2.05) is 43.3 Å². The Morgan fingerprint density at radius 3 is 2.24 bits per heavy atom. The average molecular weight is 282 g/mol. The summed E-state index contributed by atoms with van der Waals surface area (Å²) in [4.78, 5) is 13.9. The Kier molecular flexibility index (Phi) is 5.83. The second-order valence-corrected chi connectivity index (χ2v) is 5.03. The molecule has 3 heteroatoms. The average Bonchev–Trinajstić information content (AvgIpc) is 2.53. The van der Waals surface area contributed by atoms with Crippen LogP contribution in [0.3, 0.4) is 0 Å². The molecule has 0 aromatic heterocycles. The van der Waals surface area contributed by atoms with E-state index in [1.165, 1.54) is 5.56 Å². The maximum absolute atomic E-state index is 11.7. The van der Waals surface area contributed by atoms with Crippen molar-refractivity contribution in [3.05, 3.63) is 66.2 Å². The fourth-order valence-corrected chi connectivity index (χ4v) is 2.18. The lowest BCUT2D eigenvalue weighted by molar-refractivity contribution is -0.121. The summed E-state index contributed by atoms with van der Waals surface area (Å²) < 4.78 is 0. The van der Waals surface area contributed by atoms with Crippen LogP contribution in [0.5, 0.6) is 0 Å². The van der Waals surface area contributed by atoms with Crippen molar-refractivity contribution in [2.45, 2.75) is 26.3 Å². The largest absolute Gasteiger partial charge is 0.350 e. The molecule has 0 heterocycles. The van der Waals surface area contributed by atoms with E-state index in [9.17, 15) is 4.79 Å². The van der Waals surface area contributed by atoms with Gasteiger partial charge in [0.1, 0.15) is 0 Å². The highest BCUT2D eigenvalue weighted by Crippen LogP contribution is 2.15. The highest BCUT2D eigenvalue weighted by Gasteiger charge is 2.08. The van der Waals surface area contributed by atoms with Gasteiger partial charge in [0.15, 0.2) is 0 Å². The highest BCUT2D eigenvalue weighted by molar-refractivity contribution is 5.76. The van der Waals surface area contributed by atoms with Crippen molar-refractivity contribution in [3.63, 3.8) is 0 Å². The third-order valence-corrected chi connectivity index (χ3v) is 3.28. The molecule has 2 aromatic carbocycles. The van der Waals surface area contributed by atoms with Gasteiger partial charge in [-0.15, -0.1) is 0 Å². The highest BCUT2D eigenvalue weighted by atomic mass is 16.1. The summed E-state index contributed by atoms with van der Waals surface area (Å²) in [5.74, 6) is 0.103. The molecule has 0 radical (unpaired) electrons. The van der Waals surface area contributed by atoms with Crippen LogP contribution in [-0.2, 0) is 11.3 Å². The third kappa shape index (κ3) is 4.95. The first-order chi connectivity index (χ1) is 10.3. The van der Waals surface area contributed by atoms with Crippen molar-refractivity contribution >= 4 is 11.6 Å². The van der Waals surface area contributed by atoms with Gasteiger partial charge in [-0.25, -0.2) is 0 Å². The molecule has 0 aliphatic rings. The molecule has 0 spiro atoms.